The normalized spacial score (nSPS) is 10.4. The lowest BCUT2D eigenvalue weighted by Crippen LogP contribution is -2.28. The van der Waals surface area contributed by atoms with E-state index in [1.165, 1.54) is 11.1 Å². The molecule has 0 atom stereocenters. The van der Waals surface area contributed by atoms with Crippen LogP contribution < -0.4 is 5.48 Å². The predicted molar refractivity (Wildman–Crippen MR) is 107 cm³/mol. The first-order valence-corrected chi connectivity index (χ1v) is 9.77. The van der Waals surface area contributed by atoms with Crippen LogP contribution >= 0.6 is 0 Å². The molecule has 0 heterocycles. The van der Waals surface area contributed by atoms with Crippen molar-refractivity contribution >= 4 is 11.9 Å². The van der Waals surface area contributed by atoms with Crippen LogP contribution in [0.3, 0.4) is 0 Å². The smallest absolute Gasteiger partial charge is 0.332 e. The fraction of sp³-hybridized carbons (Fsp3) is 0.391. The molecular weight excluding hydrogens is 338 g/mol. The Balaban J connectivity index is 1.65. The Labute approximate surface area is 161 Å². The van der Waals surface area contributed by atoms with Gasteiger partial charge in [-0.2, -0.15) is 5.48 Å². The van der Waals surface area contributed by atoms with Crippen LogP contribution in [0.5, 0.6) is 0 Å². The molecule has 0 saturated heterocycles. The molecule has 2 aromatic rings. The molecule has 0 spiro atoms. The summed E-state index contributed by atoms with van der Waals surface area (Å²) < 4.78 is 0. The molecule has 0 unspecified atom stereocenters. The van der Waals surface area contributed by atoms with E-state index in [1.54, 1.807) is 0 Å². The second-order valence-electron chi connectivity index (χ2n) is 6.79. The summed E-state index contributed by atoms with van der Waals surface area (Å²) in [5, 5.41) is 0. The second kappa shape index (κ2) is 11.9. The molecule has 0 aliphatic rings. The summed E-state index contributed by atoms with van der Waals surface area (Å²) in [5.41, 5.74) is 5.79. The molecular formula is C23H29NO3. The number of carbonyl (C=O) groups is 2. The van der Waals surface area contributed by atoms with E-state index < -0.39 is 5.97 Å². The average molecular weight is 367 g/mol. The van der Waals surface area contributed by atoms with E-state index in [0.717, 1.165) is 44.1 Å². The van der Waals surface area contributed by atoms with E-state index in [1.807, 2.05) is 25.1 Å². The zero-order chi connectivity index (χ0) is 19.3. The molecule has 0 aliphatic heterocycles. The van der Waals surface area contributed by atoms with Crippen molar-refractivity contribution in [1.82, 2.24) is 5.48 Å². The molecule has 0 aliphatic carbocycles. The van der Waals surface area contributed by atoms with Crippen molar-refractivity contribution in [1.29, 1.82) is 0 Å². The lowest BCUT2D eigenvalue weighted by molar-refractivity contribution is -0.158. The van der Waals surface area contributed by atoms with Gasteiger partial charge >= 0.3 is 5.97 Å². The van der Waals surface area contributed by atoms with Gasteiger partial charge in [0.15, 0.2) is 0 Å². The third kappa shape index (κ3) is 8.54. The molecule has 0 bridgehead atoms. The minimum absolute atomic E-state index is 0.204. The number of benzene rings is 2. The molecule has 4 heteroatoms. The molecule has 0 fully saturated rings. The maximum Gasteiger partial charge on any atom is 0.332 e. The number of aryl methyl sites for hydroxylation is 2. The summed E-state index contributed by atoms with van der Waals surface area (Å²) in [5.74, 6) is -0.702. The van der Waals surface area contributed by atoms with Gasteiger partial charge < -0.3 is 4.84 Å². The summed E-state index contributed by atoms with van der Waals surface area (Å²) in [6, 6.07) is 18.6. The van der Waals surface area contributed by atoms with Gasteiger partial charge in [-0.25, -0.2) is 4.79 Å². The molecule has 2 aromatic carbocycles. The molecule has 0 radical (unpaired) electrons. The number of unbranched alkanes of at least 4 members (excludes halogenated alkanes) is 2. The fourth-order valence-electron chi connectivity index (χ4n) is 2.83. The number of hydroxylamine groups is 1. The first-order chi connectivity index (χ1) is 13.2. The van der Waals surface area contributed by atoms with Gasteiger partial charge in [0.1, 0.15) is 0 Å². The Morgan fingerprint density at radius 3 is 2.04 bits per heavy atom. The SMILES string of the molecule is CCCCC(=O)ONC(=O)Cc1ccc(CCCCc2ccccc2)cc1. The van der Waals surface area contributed by atoms with E-state index in [0.29, 0.717) is 6.42 Å². The molecule has 1 amide bonds. The number of rotatable bonds is 10. The molecule has 144 valence electrons. The van der Waals surface area contributed by atoms with Crippen LogP contribution in [0.4, 0.5) is 0 Å². The second-order valence-corrected chi connectivity index (χ2v) is 6.79. The van der Waals surface area contributed by atoms with Gasteiger partial charge in [0.05, 0.1) is 6.42 Å². The van der Waals surface area contributed by atoms with Crippen molar-refractivity contribution in [2.24, 2.45) is 0 Å². The largest absolute Gasteiger partial charge is 0.341 e. The van der Waals surface area contributed by atoms with Crippen molar-refractivity contribution in [2.45, 2.75) is 58.3 Å². The van der Waals surface area contributed by atoms with Gasteiger partial charge in [0.2, 0.25) is 0 Å². The monoisotopic (exact) mass is 367 g/mol. The Morgan fingerprint density at radius 1 is 0.815 bits per heavy atom. The minimum Gasteiger partial charge on any atom is -0.341 e. The predicted octanol–water partition coefficient (Wildman–Crippen LogP) is 4.56. The fourth-order valence-corrected chi connectivity index (χ4v) is 2.83. The van der Waals surface area contributed by atoms with Gasteiger partial charge in [0.25, 0.3) is 5.91 Å². The van der Waals surface area contributed by atoms with E-state index in [2.05, 4.69) is 41.9 Å². The molecule has 4 nitrogen and oxygen atoms in total. The standard InChI is InChI=1S/C23H29NO3/c1-2-3-13-23(26)27-24-22(25)18-21-16-14-20(15-17-21)12-8-7-11-19-9-5-4-6-10-19/h4-6,9-10,14-17H,2-3,7-8,11-13,18H2,1H3,(H,24,25). The number of hydrogen-bond donors (Lipinski definition) is 1. The Bertz CT molecular complexity index is 695. The van der Waals surface area contributed by atoms with Crippen molar-refractivity contribution in [3.8, 4) is 0 Å². The Kier molecular flexibility index (Phi) is 9.11. The summed E-state index contributed by atoms with van der Waals surface area (Å²) in [6.07, 6.45) is 6.67. The van der Waals surface area contributed by atoms with Gasteiger partial charge in [-0.05, 0) is 48.8 Å². The lowest BCUT2D eigenvalue weighted by Gasteiger charge is -2.07. The quantitative estimate of drug-likeness (QED) is 0.495. The maximum atomic E-state index is 11.8. The van der Waals surface area contributed by atoms with Crippen molar-refractivity contribution in [2.75, 3.05) is 0 Å². The minimum atomic E-state index is -0.393. The molecule has 1 N–H and O–H groups in total. The Hall–Kier alpha value is -2.62. The number of nitrogens with one attached hydrogen (secondary N) is 1. The van der Waals surface area contributed by atoms with Crippen molar-refractivity contribution in [3.63, 3.8) is 0 Å². The summed E-state index contributed by atoms with van der Waals surface area (Å²) >= 11 is 0. The highest BCUT2D eigenvalue weighted by Crippen LogP contribution is 2.11. The average Bonchev–Trinajstić information content (AvgIpc) is 2.70. The number of hydrogen-bond acceptors (Lipinski definition) is 3. The van der Waals surface area contributed by atoms with Crippen molar-refractivity contribution in [3.05, 3.63) is 71.3 Å². The first-order valence-electron chi connectivity index (χ1n) is 9.77. The van der Waals surface area contributed by atoms with Crippen LogP contribution in [0, 0.1) is 0 Å². The molecule has 2 rings (SSSR count). The maximum absolute atomic E-state index is 11.8. The van der Waals surface area contributed by atoms with E-state index in [-0.39, 0.29) is 12.3 Å². The number of carbonyl (C=O) groups excluding carboxylic acids is 2. The molecule has 0 aromatic heterocycles. The van der Waals surface area contributed by atoms with Gasteiger partial charge in [0, 0.05) is 6.42 Å². The zero-order valence-electron chi connectivity index (χ0n) is 16.1. The highest BCUT2D eigenvalue weighted by Gasteiger charge is 2.07. The van der Waals surface area contributed by atoms with Crippen LogP contribution in [-0.2, 0) is 33.7 Å². The number of amides is 1. The first kappa shape index (κ1) is 20.7. The van der Waals surface area contributed by atoms with Gasteiger partial charge in [-0.1, -0.05) is 67.9 Å². The van der Waals surface area contributed by atoms with Gasteiger partial charge in [-0.3, -0.25) is 4.79 Å². The van der Waals surface area contributed by atoms with Crippen LogP contribution in [0.15, 0.2) is 54.6 Å². The van der Waals surface area contributed by atoms with E-state index in [9.17, 15) is 9.59 Å². The third-order valence-corrected chi connectivity index (χ3v) is 4.42. The topological polar surface area (TPSA) is 55.4 Å². The van der Waals surface area contributed by atoms with Gasteiger partial charge in [-0.15, -0.1) is 0 Å². The summed E-state index contributed by atoms with van der Waals surface area (Å²) in [7, 11) is 0. The highest BCUT2D eigenvalue weighted by molar-refractivity contribution is 5.79. The lowest BCUT2D eigenvalue weighted by atomic mass is 10.0. The van der Waals surface area contributed by atoms with Crippen LogP contribution in [0.25, 0.3) is 0 Å². The molecule has 0 saturated carbocycles. The summed E-state index contributed by atoms with van der Waals surface area (Å²) in [4.78, 5) is 28.0. The third-order valence-electron chi connectivity index (χ3n) is 4.42. The van der Waals surface area contributed by atoms with Crippen LogP contribution in [0.2, 0.25) is 0 Å². The Morgan fingerprint density at radius 2 is 1.41 bits per heavy atom. The highest BCUT2D eigenvalue weighted by atomic mass is 16.7. The van der Waals surface area contributed by atoms with Crippen LogP contribution in [0.1, 0.15) is 55.7 Å². The molecule has 27 heavy (non-hydrogen) atoms. The van der Waals surface area contributed by atoms with E-state index in [4.69, 9.17) is 4.84 Å². The van der Waals surface area contributed by atoms with E-state index >= 15 is 0 Å². The zero-order valence-corrected chi connectivity index (χ0v) is 16.1. The van der Waals surface area contributed by atoms with Crippen LogP contribution in [-0.4, -0.2) is 11.9 Å². The summed E-state index contributed by atoms with van der Waals surface area (Å²) in [6.45, 7) is 2.00. The van der Waals surface area contributed by atoms with Crippen molar-refractivity contribution < 1.29 is 14.4 Å².